The van der Waals surface area contributed by atoms with E-state index in [1.54, 1.807) is 18.2 Å². The lowest BCUT2D eigenvalue weighted by Gasteiger charge is -2.06. The van der Waals surface area contributed by atoms with Gasteiger partial charge in [-0.2, -0.15) is 5.26 Å². The first-order valence-electron chi connectivity index (χ1n) is 4.88. The van der Waals surface area contributed by atoms with Crippen LogP contribution in [-0.2, 0) is 0 Å². The maximum atomic E-state index is 11.6. The normalized spacial score (nSPS) is 9.65. The third kappa shape index (κ3) is 2.01. The maximum absolute atomic E-state index is 11.6. The lowest BCUT2D eigenvalue weighted by Crippen LogP contribution is -2.10. The monoisotopic (exact) mass is 227 g/mol. The Hall–Kier alpha value is -2.61. The molecule has 5 nitrogen and oxygen atoms in total. The van der Waals surface area contributed by atoms with Gasteiger partial charge in [0.2, 0.25) is 0 Å². The molecule has 5 heteroatoms. The lowest BCUT2D eigenvalue weighted by atomic mass is 10.1. The summed E-state index contributed by atoms with van der Waals surface area (Å²) in [5.74, 6) is 0.508. The first-order valence-corrected chi connectivity index (χ1v) is 4.88. The van der Waals surface area contributed by atoms with Gasteiger partial charge in [0.1, 0.15) is 11.4 Å². The molecule has 0 bridgehead atoms. The number of aromatic nitrogens is 2. The molecule has 0 aliphatic carbocycles. The Labute approximate surface area is 97.3 Å². The van der Waals surface area contributed by atoms with Crippen LogP contribution >= 0.6 is 0 Å². The minimum absolute atomic E-state index is 0.237. The zero-order chi connectivity index (χ0) is 12.3. The van der Waals surface area contributed by atoms with Gasteiger partial charge in [-0.25, -0.2) is 4.98 Å². The molecular formula is C12H9N3O2. The highest BCUT2D eigenvalue weighted by atomic mass is 16.5. The Morgan fingerprint density at radius 1 is 1.47 bits per heavy atom. The van der Waals surface area contributed by atoms with Gasteiger partial charge in [-0.3, -0.25) is 4.79 Å². The number of hydrogen-bond acceptors (Lipinski definition) is 4. The van der Waals surface area contributed by atoms with Gasteiger partial charge >= 0.3 is 0 Å². The van der Waals surface area contributed by atoms with Crippen LogP contribution in [0, 0.1) is 11.3 Å². The van der Waals surface area contributed by atoms with Crippen LogP contribution in [-0.4, -0.2) is 17.1 Å². The number of nitrogens with one attached hydrogen (secondary N) is 1. The summed E-state index contributed by atoms with van der Waals surface area (Å²) >= 11 is 0. The molecule has 0 radical (unpaired) electrons. The zero-order valence-electron chi connectivity index (χ0n) is 9.10. The number of ether oxygens (including phenoxy) is 1. The molecule has 0 unspecified atom stereocenters. The fraction of sp³-hybridized carbons (Fsp3) is 0.0833. The van der Waals surface area contributed by atoms with Crippen molar-refractivity contribution in [2.45, 2.75) is 0 Å². The molecule has 0 saturated heterocycles. The molecule has 1 aromatic carbocycles. The van der Waals surface area contributed by atoms with Crippen molar-refractivity contribution in [1.82, 2.24) is 9.97 Å². The quantitative estimate of drug-likeness (QED) is 0.839. The minimum atomic E-state index is -0.319. The van der Waals surface area contributed by atoms with E-state index in [0.717, 1.165) is 0 Å². The van der Waals surface area contributed by atoms with Crippen LogP contribution in [0.15, 0.2) is 35.4 Å². The summed E-state index contributed by atoms with van der Waals surface area (Å²) in [6.45, 7) is 0. The molecule has 0 aliphatic heterocycles. The van der Waals surface area contributed by atoms with Crippen LogP contribution in [0.5, 0.6) is 5.75 Å². The Morgan fingerprint density at radius 3 is 2.94 bits per heavy atom. The van der Waals surface area contributed by atoms with E-state index in [4.69, 9.17) is 10.00 Å². The molecule has 0 saturated carbocycles. The predicted molar refractivity (Wildman–Crippen MR) is 61.6 cm³/mol. The Kier molecular flexibility index (Phi) is 2.88. The van der Waals surface area contributed by atoms with Crippen molar-refractivity contribution >= 4 is 0 Å². The van der Waals surface area contributed by atoms with Crippen molar-refractivity contribution in [3.8, 4) is 23.1 Å². The van der Waals surface area contributed by atoms with E-state index in [1.807, 2.05) is 6.07 Å². The van der Waals surface area contributed by atoms with Crippen LogP contribution in [0.1, 0.15) is 5.56 Å². The number of aromatic amines is 1. The van der Waals surface area contributed by atoms with E-state index in [0.29, 0.717) is 16.9 Å². The van der Waals surface area contributed by atoms with Gasteiger partial charge in [-0.05, 0) is 18.2 Å². The summed E-state index contributed by atoms with van der Waals surface area (Å²) in [6, 6.07) is 6.86. The first-order chi connectivity index (χ1) is 8.26. The standard InChI is InChI=1S/C12H9N3O2/c1-17-10-3-2-8(7-13)6-9(10)11-12(16)15-5-4-14-11/h2-6H,1H3,(H,15,16). The Morgan fingerprint density at radius 2 is 2.29 bits per heavy atom. The summed E-state index contributed by atoms with van der Waals surface area (Å²) in [6.07, 6.45) is 2.93. The molecule has 0 aliphatic rings. The second-order valence-electron chi connectivity index (χ2n) is 3.29. The fourth-order valence-corrected chi connectivity index (χ4v) is 1.51. The molecule has 2 aromatic rings. The molecule has 1 N–H and O–H groups in total. The number of nitrogens with zero attached hydrogens (tertiary/aromatic N) is 2. The lowest BCUT2D eigenvalue weighted by molar-refractivity contribution is 0.416. The Bertz CT molecular complexity index is 641. The second kappa shape index (κ2) is 4.49. The van der Waals surface area contributed by atoms with E-state index in [2.05, 4.69) is 9.97 Å². The van der Waals surface area contributed by atoms with E-state index >= 15 is 0 Å². The van der Waals surface area contributed by atoms with Crippen LogP contribution in [0.3, 0.4) is 0 Å². The summed E-state index contributed by atoms with van der Waals surface area (Å²) in [5.41, 5.74) is 0.876. The molecule has 0 atom stereocenters. The Balaban J connectivity index is 2.70. The minimum Gasteiger partial charge on any atom is -0.496 e. The molecule has 2 rings (SSSR count). The average molecular weight is 227 g/mol. The second-order valence-corrected chi connectivity index (χ2v) is 3.29. The smallest absolute Gasteiger partial charge is 0.274 e. The van der Waals surface area contributed by atoms with Crippen LogP contribution < -0.4 is 10.3 Å². The number of H-pyrrole nitrogens is 1. The number of rotatable bonds is 2. The highest BCUT2D eigenvalue weighted by Crippen LogP contribution is 2.27. The largest absolute Gasteiger partial charge is 0.496 e. The van der Waals surface area contributed by atoms with E-state index in [9.17, 15) is 4.79 Å². The zero-order valence-corrected chi connectivity index (χ0v) is 9.10. The van der Waals surface area contributed by atoms with Gasteiger partial charge in [0.15, 0.2) is 0 Å². The van der Waals surface area contributed by atoms with Crippen LogP contribution in [0.25, 0.3) is 11.3 Å². The van der Waals surface area contributed by atoms with Crippen molar-refractivity contribution < 1.29 is 4.74 Å². The molecule has 1 heterocycles. The summed E-state index contributed by atoms with van der Waals surface area (Å²) in [7, 11) is 1.50. The van der Waals surface area contributed by atoms with Crippen LogP contribution in [0.2, 0.25) is 0 Å². The van der Waals surface area contributed by atoms with E-state index in [-0.39, 0.29) is 11.3 Å². The van der Waals surface area contributed by atoms with E-state index < -0.39 is 0 Å². The molecule has 0 amide bonds. The van der Waals surface area contributed by atoms with Gasteiger partial charge in [-0.15, -0.1) is 0 Å². The molecule has 0 fully saturated rings. The predicted octanol–water partition coefficient (Wildman–Crippen LogP) is 1.32. The van der Waals surface area contributed by atoms with Crippen molar-refractivity contribution in [2.75, 3.05) is 7.11 Å². The van der Waals surface area contributed by atoms with Crippen molar-refractivity contribution in [3.05, 3.63) is 46.5 Å². The molecule has 17 heavy (non-hydrogen) atoms. The summed E-state index contributed by atoms with van der Waals surface area (Å²) in [4.78, 5) is 18.2. The molecule has 84 valence electrons. The molecule has 0 spiro atoms. The molecular weight excluding hydrogens is 218 g/mol. The fourth-order valence-electron chi connectivity index (χ4n) is 1.51. The van der Waals surface area contributed by atoms with Crippen molar-refractivity contribution in [3.63, 3.8) is 0 Å². The van der Waals surface area contributed by atoms with Crippen molar-refractivity contribution in [1.29, 1.82) is 5.26 Å². The van der Waals surface area contributed by atoms with Gasteiger partial charge in [-0.1, -0.05) is 0 Å². The van der Waals surface area contributed by atoms with Crippen LogP contribution in [0.4, 0.5) is 0 Å². The highest BCUT2D eigenvalue weighted by molar-refractivity contribution is 5.68. The number of nitriles is 1. The number of hydrogen-bond donors (Lipinski definition) is 1. The third-order valence-corrected chi connectivity index (χ3v) is 2.29. The summed E-state index contributed by atoms with van der Waals surface area (Å²) < 4.78 is 5.15. The summed E-state index contributed by atoms with van der Waals surface area (Å²) in [5, 5.41) is 8.84. The topological polar surface area (TPSA) is 78.8 Å². The van der Waals surface area contributed by atoms with Gasteiger partial charge in [0.05, 0.1) is 18.7 Å². The number of methoxy groups -OCH3 is 1. The van der Waals surface area contributed by atoms with Gasteiger partial charge in [0, 0.05) is 18.0 Å². The number of benzene rings is 1. The van der Waals surface area contributed by atoms with Crippen molar-refractivity contribution in [2.24, 2.45) is 0 Å². The average Bonchev–Trinajstić information content (AvgIpc) is 2.38. The first kappa shape index (κ1) is 10.9. The SMILES string of the molecule is COc1ccc(C#N)cc1-c1ncc[nH]c1=O. The third-order valence-electron chi connectivity index (χ3n) is 2.29. The maximum Gasteiger partial charge on any atom is 0.274 e. The van der Waals surface area contributed by atoms with Gasteiger partial charge < -0.3 is 9.72 Å². The van der Waals surface area contributed by atoms with E-state index in [1.165, 1.54) is 19.5 Å². The highest BCUT2D eigenvalue weighted by Gasteiger charge is 2.11. The van der Waals surface area contributed by atoms with Gasteiger partial charge in [0.25, 0.3) is 5.56 Å². The molecule has 1 aromatic heterocycles.